The summed E-state index contributed by atoms with van der Waals surface area (Å²) in [7, 11) is 1.61. The maximum Gasteiger partial charge on any atom is 0.321 e. The molecule has 1 aliphatic heterocycles. The highest BCUT2D eigenvalue weighted by atomic mass is 16.5. The molecule has 0 unspecified atom stereocenters. The van der Waals surface area contributed by atoms with Crippen LogP contribution in [0.3, 0.4) is 0 Å². The van der Waals surface area contributed by atoms with Crippen molar-refractivity contribution in [2.24, 2.45) is 0 Å². The molecule has 4 aromatic rings. The summed E-state index contributed by atoms with van der Waals surface area (Å²) < 4.78 is 7.25. The van der Waals surface area contributed by atoms with E-state index in [4.69, 9.17) is 9.72 Å². The predicted octanol–water partition coefficient (Wildman–Crippen LogP) is 3.34. The lowest BCUT2D eigenvalue weighted by Crippen LogP contribution is -2.38. The molecule has 5 rings (SSSR count). The molecule has 9 heteroatoms. The molecule has 0 radical (unpaired) electrons. The lowest BCUT2D eigenvalue weighted by atomic mass is 10.2. The highest BCUT2D eigenvalue weighted by molar-refractivity contribution is 5.92. The van der Waals surface area contributed by atoms with Crippen LogP contribution in [0.2, 0.25) is 0 Å². The van der Waals surface area contributed by atoms with Gasteiger partial charge in [0, 0.05) is 43.3 Å². The summed E-state index contributed by atoms with van der Waals surface area (Å²) in [5, 5.41) is 12.6. The quantitative estimate of drug-likeness (QED) is 0.535. The molecule has 2 aromatic heterocycles. The summed E-state index contributed by atoms with van der Waals surface area (Å²) in [6.07, 6.45) is 0.836. The van der Waals surface area contributed by atoms with Gasteiger partial charge in [-0.15, -0.1) is 10.2 Å². The van der Waals surface area contributed by atoms with Crippen LogP contribution in [-0.2, 0) is 0 Å². The molecule has 0 spiro atoms. The van der Waals surface area contributed by atoms with Crippen LogP contribution in [0.25, 0.3) is 16.6 Å². The number of aromatic nitrogens is 4. The second kappa shape index (κ2) is 8.33. The van der Waals surface area contributed by atoms with Crippen molar-refractivity contribution in [3.63, 3.8) is 0 Å². The fourth-order valence-electron chi connectivity index (χ4n) is 4.13. The lowest BCUT2D eigenvalue weighted by molar-refractivity contribution is 0.215. The Labute approximate surface area is 185 Å². The maximum absolute atomic E-state index is 12.9. The number of anilines is 2. The number of carbonyl (C=O) groups excluding carboxylic acids is 1. The summed E-state index contributed by atoms with van der Waals surface area (Å²) in [5.74, 6) is 2.32. The number of urea groups is 1. The average molecular weight is 432 g/mol. The smallest absolute Gasteiger partial charge is 0.321 e. The summed E-state index contributed by atoms with van der Waals surface area (Å²) in [4.78, 5) is 21.9. The van der Waals surface area contributed by atoms with Crippen LogP contribution in [0.5, 0.6) is 5.75 Å². The molecule has 1 fully saturated rings. The molecule has 32 heavy (non-hydrogen) atoms. The van der Waals surface area contributed by atoms with E-state index in [0.29, 0.717) is 31.1 Å². The van der Waals surface area contributed by atoms with Crippen LogP contribution in [-0.4, -0.2) is 63.8 Å². The Bertz CT molecular complexity index is 1290. The van der Waals surface area contributed by atoms with E-state index in [0.717, 1.165) is 41.3 Å². The number of methoxy groups -OCH3 is 1. The Morgan fingerprint density at radius 2 is 1.91 bits per heavy atom. The van der Waals surface area contributed by atoms with Crippen LogP contribution >= 0.6 is 0 Å². The van der Waals surface area contributed by atoms with E-state index in [1.165, 1.54) is 0 Å². The van der Waals surface area contributed by atoms with Crippen molar-refractivity contribution in [3.8, 4) is 5.75 Å². The second-order valence-electron chi connectivity index (χ2n) is 7.82. The molecule has 2 aromatic carbocycles. The zero-order chi connectivity index (χ0) is 22.1. The molecular formula is C23H25N7O2. The molecule has 1 N–H and O–H groups in total. The lowest BCUT2D eigenvalue weighted by Gasteiger charge is -2.24. The van der Waals surface area contributed by atoms with E-state index in [1.807, 2.05) is 64.8 Å². The minimum Gasteiger partial charge on any atom is -0.497 e. The molecule has 0 atom stereocenters. The summed E-state index contributed by atoms with van der Waals surface area (Å²) >= 11 is 0. The number of nitrogens with zero attached hydrogens (tertiary/aromatic N) is 6. The van der Waals surface area contributed by atoms with Gasteiger partial charge in [0.05, 0.1) is 12.6 Å². The molecule has 1 saturated heterocycles. The van der Waals surface area contributed by atoms with Gasteiger partial charge in [0.25, 0.3) is 0 Å². The Morgan fingerprint density at radius 3 is 2.78 bits per heavy atom. The van der Waals surface area contributed by atoms with Crippen molar-refractivity contribution in [1.29, 1.82) is 0 Å². The summed E-state index contributed by atoms with van der Waals surface area (Å²) in [6.45, 7) is 4.66. The number of carbonyl (C=O) groups is 1. The number of para-hydroxylation sites is 1. The first-order chi connectivity index (χ1) is 15.6. The van der Waals surface area contributed by atoms with Crippen LogP contribution in [0.4, 0.5) is 16.4 Å². The molecular weight excluding hydrogens is 406 g/mol. The van der Waals surface area contributed by atoms with E-state index in [2.05, 4.69) is 20.4 Å². The number of nitrogens with one attached hydrogen (secondary N) is 1. The Morgan fingerprint density at radius 1 is 1.03 bits per heavy atom. The van der Waals surface area contributed by atoms with Crippen molar-refractivity contribution in [1.82, 2.24) is 24.5 Å². The van der Waals surface area contributed by atoms with Gasteiger partial charge in [-0.25, -0.2) is 14.2 Å². The molecule has 9 nitrogen and oxygen atoms in total. The number of rotatable bonds is 3. The number of ether oxygens (including phenoxy) is 1. The maximum atomic E-state index is 12.9. The summed E-state index contributed by atoms with van der Waals surface area (Å²) in [5.41, 5.74) is 2.41. The van der Waals surface area contributed by atoms with Gasteiger partial charge in [-0.05, 0) is 37.6 Å². The van der Waals surface area contributed by atoms with Crippen molar-refractivity contribution in [3.05, 3.63) is 54.4 Å². The number of hydrogen-bond donors (Lipinski definition) is 1. The zero-order valence-corrected chi connectivity index (χ0v) is 18.2. The Hall–Kier alpha value is -3.88. The summed E-state index contributed by atoms with van der Waals surface area (Å²) in [6, 6.07) is 15.2. The van der Waals surface area contributed by atoms with Crippen molar-refractivity contribution >= 4 is 34.2 Å². The van der Waals surface area contributed by atoms with Gasteiger partial charge < -0.3 is 19.9 Å². The minimum absolute atomic E-state index is 0.114. The van der Waals surface area contributed by atoms with Crippen LogP contribution in [0, 0.1) is 6.92 Å². The van der Waals surface area contributed by atoms with Crippen molar-refractivity contribution < 1.29 is 9.53 Å². The minimum atomic E-state index is -0.114. The molecule has 0 bridgehead atoms. The van der Waals surface area contributed by atoms with Gasteiger partial charge in [-0.2, -0.15) is 0 Å². The highest BCUT2D eigenvalue weighted by Gasteiger charge is 2.23. The standard InChI is InChI=1S/C23H25N7O2/c1-16-26-27-21-19-9-3-4-10-20(19)25-22(30(16)21)28-11-6-12-29(14-13-28)23(31)24-17-7-5-8-18(15-17)32-2/h3-5,7-10,15H,6,11-14H2,1-2H3,(H,24,31). The average Bonchev–Trinajstić information content (AvgIpc) is 3.04. The third-order valence-electron chi connectivity index (χ3n) is 5.78. The first-order valence-corrected chi connectivity index (χ1v) is 10.7. The van der Waals surface area contributed by atoms with Gasteiger partial charge in [-0.1, -0.05) is 18.2 Å². The first-order valence-electron chi connectivity index (χ1n) is 10.7. The van der Waals surface area contributed by atoms with E-state index in [1.54, 1.807) is 7.11 Å². The molecule has 1 aliphatic rings. The van der Waals surface area contributed by atoms with E-state index in [9.17, 15) is 4.79 Å². The van der Waals surface area contributed by atoms with Gasteiger partial charge in [0.1, 0.15) is 11.6 Å². The number of aryl methyl sites for hydroxylation is 1. The highest BCUT2D eigenvalue weighted by Crippen LogP contribution is 2.25. The third kappa shape index (κ3) is 3.66. The zero-order valence-electron chi connectivity index (χ0n) is 18.2. The number of hydrogen-bond acceptors (Lipinski definition) is 6. The van der Waals surface area contributed by atoms with Crippen LogP contribution in [0.15, 0.2) is 48.5 Å². The first kappa shape index (κ1) is 20.0. The predicted molar refractivity (Wildman–Crippen MR) is 123 cm³/mol. The van der Waals surface area contributed by atoms with E-state index >= 15 is 0 Å². The van der Waals surface area contributed by atoms with Gasteiger partial charge in [0.2, 0.25) is 5.95 Å². The number of fused-ring (bicyclic) bond motifs is 3. The van der Waals surface area contributed by atoms with Crippen molar-refractivity contribution in [2.75, 3.05) is 43.5 Å². The molecule has 2 amide bonds. The third-order valence-corrected chi connectivity index (χ3v) is 5.78. The molecule has 0 saturated carbocycles. The number of benzene rings is 2. The van der Waals surface area contributed by atoms with E-state index in [-0.39, 0.29) is 6.03 Å². The second-order valence-corrected chi connectivity index (χ2v) is 7.82. The Kier molecular flexibility index (Phi) is 5.22. The monoisotopic (exact) mass is 431 g/mol. The fraction of sp³-hybridized carbons (Fsp3) is 0.304. The fourth-order valence-corrected chi connectivity index (χ4v) is 4.13. The van der Waals surface area contributed by atoms with Gasteiger partial charge in [-0.3, -0.25) is 0 Å². The van der Waals surface area contributed by atoms with Crippen LogP contribution < -0.4 is 15.0 Å². The molecule has 164 valence electrons. The Balaban J connectivity index is 1.38. The normalized spacial score (nSPS) is 14.6. The van der Waals surface area contributed by atoms with Gasteiger partial charge >= 0.3 is 6.03 Å². The SMILES string of the molecule is COc1cccc(NC(=O)N2CCCN(c3nc4ccccc4c4nnc(C)n34)CC2)c1. The molecule has 0 aliphatic carbocycles. The number of amides is 2. The van der Waals surface area contributed by atoms with E-state index < -0.39 is 0 Å². The molecule has 3 heterocycles. The van der Waals surface area contributed by atoms with Crippen molar-refractivity contribution in [2.45, 2.75) is 13.3 Å². The van der Waals surface area contributed by atoms with Gasteiger partial charge in [0.15, 0.2) is 5.65 Å². The topological polar surface area (TPSA) is 87.9 Å². The largest absolute Gasteiger partial charge is 0.497 e. The van der Waals surface area contributed by atoms with Crippen LogP contribution in [0.1, 0.15) is 12.2 Å².